The third kappa shape index (κ3) is 2.84. The van der Waals surface area contributed by atoms with E-state index >= 15 is 0 Å². The second-order valence-electron chi connectivity index (χ2n) is 3.19. The summed E-state index contributed by atoms with van der Waals surface area (Å²) in [4.78, 5) is 2.11. The van der Waals surface area contributed by atoms with E-state index < -0.39 is 11.1 Å². The van der Waals surface area contributed by atoms with Crippen molar-refractivity contribution in [3.05, 3.63) is 41.4 Å². The molecule has 3 nitrogen and oxygen atoms in total. The average molecular weight is 241 g/mol. The lowest BCUT2D eigenvalue weighted by atomic mass is 10.2. The van der Waals surface area contributed by atoms with E-state index in [2.05, 4.69) is 4.90 Å². The van der Waals surface area contributed by atoms with Crippen molar-refractivity contribution in [1.82, 2.24) is 0 Å². The first-order valence-corrected chi connectivity index (χ1v) is 6.79. The quantitative estimate of drug-likeness (QED) is 0.825. The standard InChI is InChI=1S/C10H11NO2S2/c12-15(13)7-9-2-1-3-10(6-9)11-4-5-14-8-11/h1-6H,7-8H2,(H,12,13). The lowest BCUT2D eigenvalue weighted by Gasteiger charge is -2.15. The number of hydrogen-bond acceptors (Lipinski definition) is 3. The Hall–Kier alpha value is -0.780. The van der Waals surface area contributed by atoms with Gasteiger partial charge in [0.25, 0.3) is 0 Å². The summed E-state index contributed by atoms with van der Waals surface area (Å²) < 4.78 is 19.5. The molecule has 0 spiro atoms. The Balaban J connectivity index is 2.18. The molecule has 0 aromatic heterocycles. The van der Waals surface area contributed by atoms with Gasteiger partial charge in [0.1, 0.15) is 0 Å². The summed E-state index contributed by atoms with van der Waals surface area (Å²) in [6.07, 6.45) is 2.01. The fourth-order valence-corrected chi connectivity index (χ4v) is 2.59. The zero-order chi connectivity index (χ0) is 10.7. The van der Waals surface area contributed by atoms with Gasteiger partial charge in [-0.1, -0.05) is 12.1 Å². The summed E-state index contributed by atoms with van der Waals surface area (Å²) in [6, 6.07) is 7.73. The first-order chi connectivity index (χ1) is 7.25. The van der Waals surface area contributed by atoms with E-state index in [0.717, 1.165) is 17.1 Å². The highest BCUT2D eigenvalue weighted by Crippen LogP contribution is 2.24. The molecule has 0 amide bonds. The van der Waals surface area contributed by atoms with Crippen LogP contribution in [0, 0.1) is 0 Å². The predicted octanol–water partition coefficient (Wildman–Crippen LogP) is 2.39. The van der Waals surface area contributed by atoms with Crippen molar-refractivity contribution in [3.63, 3.8) is 0 Å². The van der Waals surface area contributed by atoms with E-state index in [-0.39, 0.29) is 5.75 Å². The van der Waals surface area contributed by atoms with Crippen molar-refractivity contribution >= 4 is 28.5 Å². The number of hydrogen-bond donors (Lipinski definition) is 1. The fourth-order valence-electron chi connectivity index (χ4n) is 1.41. The molecule has 1 aliphatic heterocycles. The van der Waals surface area contributed by atoms with Gasteiger partial charge in [-0.05, 0) is 23.1 Å². The van der Waals surface area contributed by atoms with Gasteiger partial charge >= 0.3 is 0 Å². The summed E-state index contributed by atoms with van der Waals surface area (Å²) >= 11 is -0.0353. The minimum atomic E-state index is -1.77. The monoisotopic (exact) mass is 241 g/mol. The molecule has 0 aliphatic carbocycles. The number of nitrogens with zero attached hydrogens (tertiary/aromatic N) is 1. The molecule has 0 fully saturated rings. The van der Waals surface area contributed by atoms with Gasteiger partial charge in [0.05, 0.1) is 11.6 Å². The summed E-state index contributed by atoms with van der Waals surface area (Å²) in [5.74, 6) is 1.10. The largest absolute Gasteiger partial charge is 0.337 e. The van der Waals surface area contributed by atoms with E-state index in [1.807, 2.05) is 35.9 Å². The molecular weight excluding hydrogens is 230 g/mol. The van der Waals surface area contributed by atoms with Gasteiger partial charge in [-0.25, -0.2) is 4.21 Å². The normalized spacial score (nSPS) is 17.0. The van der Waals surface area contributed by atoms with Crippen LogP contribution in [0.2, 0.25) is 0 Å². The van der Waals surface area contributed by atoms with Gasteiger partial charge in [0, 0.05) is 11.9 Å². The van der Waals surface area contributed by atoms with Crippen molar-refractivity contribution in [2.75, 3.05) is 10.8 Å². The summed E-state index contributed by atoms with van der Waals surface area (Å²) in [5.41, 5.74) is 1.96. The van der Waals surface area contributed by atoms with E-state index in [0.29, 0.717) is 0 Å². The van der Waals surface area contributed by atoms with E-state index in [1.54, 1.807) is 11.8 Å². The van der Waals surface area contributed by atoms with Gasteiger partial charge in [-0.15, -0.1) is 11.8 Å². The van der Waals surface area contributed by atoms with Crippen LogP contribution in [0.25, 0.3) is 0 Å². The molecular formula is C10H11NO2S2. The Bertz CT molecular complexity index is 406. The highest BCUT2D eigenvalue weighted by Gasteiger charge is 2.08. The maximum atomic E-state index is 10.7. The van der Waals surface area contributed by atoms with Gasteiger partial charge in [0.2, 0.25) is 0 Å². The first kappa shape index (κ1) is 10.7. The maximum Gasteiger partial charge on any atom is 0.157 e. The van der Waals surface area contributed by atoms with Crippen LogP contribution in [0.3, 0.4) is 0 Å². The Kier molecular flexibility index (Phi) is 3.45. The molecule has 1 aromatic rings. The van der Waals surface area contributed by atoms with Crippen LogP contribution in [0.15, 0.2) is 35.9 Å². The Morgan fingerprint density at radius 1 is 1.53 bits per heavy atom. The second kappa shape index (κ2) is 4.83. The van der Waals surface area contributed by atoms with Crippen LogP contribution < -0.4 is 4.90 Å². The molecule has 1 unspecified atom stereocenters. The van der Waals surface area contributed by atoms with Crippen LogP contribution in [0.5, 0.6) is 0 Å². The van der Waals surface area contributed by atoms with Gasteiger partial charge < -0.3 is 9.45 Å². The van der Waals surface area contributed by atoms with Gasteiger partial charge in [0.15, 0.2) is 11.1 Å². The van der Waals surface area contributed by atoms with Crippen molar-refractivity contribution < 1.29 is 8.76 Å². The minimum absolute atomic E-state index is 0.193. The van der Waals surface area contributed by atoms with Crippen LogP contribution in [0.4, 0.5) is 5.69 Å². The number of benzene rings is 1. The first-order valence-electron chi connectivity index (χ1n) is 4.47. The highest BCUT2D eigenvalue weighted by molar-refractivity contribution is 8.02. The van der Waals surface area contributed by atoms with Gasteiger partial charge in [-0.3, -0.25) is 0 Å². The lowest BCUT2D eigenvalue weighted by Crippen LogP contribution is -2.10. The smallest absolute Gasteiger partial charge is 0.157 e. The van der Waals surface area contributed by atoms with Crippen LogP contribution in [-0.2, 0) is 16.8 Å². The number of rotatable bonds is 3. The summed E-state index contributed by atoms with van der Waals surface area (Å²) in [5, 5.41) is 2.04. The molecule has 2 rings (SSSR count). The zero-order valence-electron chi connectivity index (χ0n) is 8.00. The average Bonchev–Trinajstić information content (AvgIpc) is 2.69. The highest BCUT2D eigenvalue weighted by atomic mass is 32.2. The molecule has 1 aliphatic rings. The number of thioether (sulfide) groups is 1. The molecule has 0 radical (unpaired) electrons. The van der Waals surface area contributed by atoms with Crippen molar-refractivity contribution in [2.45, 2.75) is 5.75 Å². The molecule has 15 heavy (non-hydrogen) atoms. The predicted molar refractivity (Wildman–Crippen MR) is 65.0 cm³/mol. The second-order valence-corrected chi connectivity index (χ2v) is 4.98. The van der Waals surface area contributed by atoms with Gasteiger partial charge in [-0.2, -0.15) is 0 Å². The lowest BCUT2D eigenvalue weighted by molar-refractivity contribution is 0.563. The summed E-state index contributed by atoms with van der Waals surface area (Å²) in [6.45, 7) is 0. The molecule has 1 aromatic carbocycles. The van der Waals surface area contributed by atoms with Crippen LogP contribution in [-0.4, -0.2) is 14.6 Å². The Morgan fingerprint density at radius 3 is 3.07 bits per heavy atom. The van der Waals surface area contributed by atoms with E-state index in [1.165, 1.54) is 0 Å². The third-order valence-corrected chi connectivity index (χ3v) is 3.40. The Morgan fingerprint density at radius 2 is 2.40 bits per heavy atom. The zero-order valence-corrected chi connectivity index (χ0v) is 9.63. The molecule has 0 saturated carbocycles. The maximum absolute atomic E-state index is 10.7. The molecule has 1 N–H and O–H groups in total. The molecule has 0 bridgehead atoms. The van der Waals surface area contributed by atoms with Crippen LogP contribution in [0.1, 0.15) is 5.56 Å². The Labute approximate surface area is 95.5 Å². The topological polar surface area (TPSA) is 40.5 Å². The summed E-state index contributed by atoms with van der Waals surface area (Å²) in [7, 11) is 0. The van der Waals surface area contributed by atoms with Crippen molar-refractivity contribution in [3.8, 4) is 0 Å². The SMILES string of the molecule is O=S(O)Cc1cccc(N2C=CSC2)c1. The van der Waals surface area contributed by atoms with Crippen molar-refractivity contribution in [2.24, 2.45) is 0 Å². The molecule has 0 saturated heterocycles. The fraction of sp³-hybridized carbons (Fsp3) is 0.200. The molecule has 1 heterocycles. The van der Waals surface area contributed by atoms with Crippen molar-refractivity contribution in [1.29, 1.82) is 0 Å². The van der Waals surface area contributed by atoms with Crippen LogP contribution >= 0.6 is 11.8 Å². The molecule has 5 heteroatoms. The number of anilines is 1. The minimum Gasteiger partial charge on any atom is -0.337 e. The molecule has 1 atom stereocenters. The van der Waals surface area contributed by atoms with E-state index in [4.69, 9.17) is 4.55 Å². The third-order valence-electron chi connectivity index (χ3n) is 2.08. The molecule has 80 valence electrons. The van der Waals surface area contributed by atoms with E-state index in [9.17, 15) is 4.21 Å².